The zero-order valence-corrected chi connectivity index (χ0v) is 17.8. The van der Waals surface area contributed by atoms with Crippen LogP contribution in [0.1, 0.15) is 87.0 Å². The Balaban J connectivity index is 1.76. The first kappa shape index (κ1) is 20.4. The Labute approximate surface area is 164 Å². The van der Waals surface area contributed by atoms with Crippen molar-refractivity contribution in [1.82, 2.24) is 20.0 Å². The fraction of sp³-hybridized carbons (Fsp3) is 0.818. The minimum atomic E-state index is 0.0420. The predicted octanol–water partition coefficient (Wildman–Crippen LogP) is 3.80. The molecule has 3 rings (SSSR count). The van der Waals surface area contributed by atoms with Crippen LogP contribution >= 0.6 is 0 Å². The Hall–Kier alpha value is -1.36. The van der Waals surface area contributed by atoms with Crippen molar-refractivity contribution in [3.63, 3.8) is 0 Å². The molecule has 2 aliphatic carbocycles. The minimum Gasteiger partial charge on any atom is -0.343 e. The molecular weight excluding hydrogens is 336 g/mol. The van der Waals surface area contributed by atoms with Gasteiger partial charge in [-0.25, -0.2) is 0 Å². The van der Waals surface area contributed by atoms with Gasteiger partial charge in [0.15, 0.2) is 5.69 Å². The monoisotopic (exact) mass is 374 g/mol. The lowest BCUT2D eigenvalue weighted by Crippen LogP contribution is -2.42. The number of carbonyl (C=O) groups excluding carboxylic acids is 1. The van der Waals surface area contributed by atoms with Crippen molar-refractivity contribution in [1.29, 1.82) is 0 Å². The molecule has 1 amide bonds. The lowest BCUT2D eigenvalue weighted by atomic mass is 9.89. The summed E-state index contributed by atoms with van der Waals surface area (Å²) in [7, 11) is 3.65. The molecule has 1 aromatic rings. The number of nitrogens with zero attached hydrogens (tertiary/aromatic N) is 3. The molecule has 0 bridgehead atoms. The highest BCUT2D eigenvalue weighted by atomic mass is 16.2. The molecule has 5 heteroatoms. The summed E-state index contributed by atoms with van der Waals surface area (Å²) < 4.78 is 2.11. The summed E-state index contributed by atoms with van der Waals surface area (Å²) in [5.74, 6) is 0.572. The van der Waals surface area contributed by atoms with Gasteiger partial charge in [-0.15, -0.1) is 0 Å². The number of amides is 1. The molecule has 1 N–H and O–H groups in total. The number of aromatic nitrogens is 2. The van der Waals surface area contributed by atoms with E-state index in [2.05, 4.69) is 23.8 Å². The van der Waals surface area contributed by atoms with E-state index in [1.54, 1.807) is 4.90 Å². The first-order valence-electron chi connectivity index (χ1n) is 11.0. The van der Waals surface area contributed by atoms with Gasteiger partial charge in [0.2, 0.25) is 0 Å². The van der Waals surface area contributed by atoms with Gasteiger partial charge in [-0.2, -0.15) is 5.10 Å². The van der Waals surface area contributed by atoms with E-state index in [1.165, 1.54) is 56.2 Å². The van der Waals surface area contributed by atoms with Crippen molar-refractivity contribution in [2.24, 2.45) is 5.92 Å². The molecule has 1 fully saturated rings. The Morgan fingerprint density at radius 2 is 1.78 bits per heavy atom. The fourth-order valence-electron chi connectivity index (χ4n) is 4.67. The third kappa shape index (κ3) is 5.13. The minimum absolute atomic E-state index is 0.0420. The zero-order valence-electron chi connectivity index (χ0n) is 17.8. The van der Waals surface area contributed by atoms with Gasteiger partial charge in [0.05, 0.1) is 0 Å². The highest BCUT2D eigenvalue weighted by molar-refractivity contribution is 5.93. The van der Waals surface area contributed by atoms with Crippen LogP contribution in [0.5, 0.6) is 0 Å². The van der Waals surface area contributed by atoms with Crippen molar-refractivity contribution in [2.45, 2.75) is 96.7 Å². The summed E-state index contributed by atoms with van der Waals surface area (Å²) in [5, 5.41) is 8.71. The molecule has 152 valence electrons. The molecule has 5 nitrogen and oxygen atoms in total. The molecule has 0 saturated heterocycles. The predicted molar refractivity (Wildman–Crippen MR) is 110 cm³/mol. The van der Waals surface area contributed by atoms with Crippen LogP contribution in [0.2, 0.25) is 0 Å². The smallest absolute Gasteiger partial charge is 0.274 e. The van der Waals surface area contributed by atoms with Gasteiger partial charge in [0.25, 0.3) is 5.91 Å². The number of hydrogen-bond acceptors (Lipinski definition) is 3. The van der Waals surface area contributed by atoms with E-state index in [0.29, 0.717) is 23.7 Å². The first-order valence-corrected chi connectivity index (χ1v) is 11.0. The largest absolute Gasteiger partial charge is 0.343 e. The van der Waals surface area contributed by atoms with Gasteiger partial charge in [-0.1, -0.05) is 46.0 Å². The molecule has 0 spiro atoms. The molecule has 1 saturated carbocycles. The molecule has 1 unspecified atom stereocenters. The molecule has 0 aliphatic heterocycles. The maximum Gasteiger partial charge on any atom is 0.274 e. The second kappa shape index (κ2) is 9.22. The number of fused-ring (bicyclic) bond motifs is 1. The molecular formula is C22H38N4O. The lowest BCUT2D eigenvalue weighted by molar-refractivity contribution is 0.0819. The maximum absolute atomic E-state index is 12.7. The van der Waals surface area contributed by atoms with Crippen molar-refractivity contribution < 1.29 is 4.79 Å². The van der Waals surface area contributed by atoms with E-state index < -0.39 is 0 Å². The van der Waals surface area contributed by atoms with Gasteiger partial charge in [-0.05, 0) is 38.0 Å². The molecule has 1 aromatic heterocycles. The summed E-state index contributed by atoms with van der Waals surface area (Å²) in [5.41, 5.74) is 3.17. The summed E-state index contributed by atoms with van der Waals surface area (Å²) >= 11 is 0. The van der Waals surface area contributed by atoms with Gasteiger partial charge in [0.1, 0.15) is 0 Å². The number of carbonyl (C=O) groups is 1. The second-order valence-electron chi connectivity index (χ2n) is 9.20. The maximum atomic E-state index is 12.7. The van der Waals surface area contributed by atoms with Gasteiger partial charge in [0, 0.05) is 44.0 Å². The van der Waals surface area contributed by atoms with Gasteiger partial charge < -0.3 is 10.2 Å². The topological polar surface area (TPSA) is 50.2 Å². The third-order valence-corrected chi connectivity index (χ3v) is 6.07. The van der Waals surface area contributed by atoms with E-state index in [1.807, 2.05) is 14.1 Å². The molecule has 0 radical (unpaired) electrons. The van der Waals surface area contributed by atoms with Crippen LogP contribution in [0.3, 0.4) is 0 Å². The number of hydrogen-bond donors (Lipinski definition) is 1. The molecule has 1 atom stereocenters. The van der Waals surface area contributed by atoms with Crippen molar-refractivity contribution >= 4 is 5.91 Å². The van der Waals surface area contributed by atoms with E-state index >= 15 is 0 Å². The van der Waals surface area contributed by atoms with Crippen molar-refractivity contribution in [3.05, 3.63) is 17.0 Å². The van der Waals surface area contributed by atoms with Crippen LogP contribution in [-0.2, 0) is 19.4 Å². The SMILES string of the molecule is CC(C)Cn1nc(C(=O)N(C)C)c2c1CCC(NC1CCCCCCC1)C2. The van der Waals surface area contributed by atoms with Crippen molar-refractivity contribution in [2.75, 3.05) is 14.1 Å². The van der Waals surface area contributed by atoms with Crippen LogP contribution in [-0.4, -0.2) is 46.8 Å². The quantitative estimate of drug-likeness (QED) is 0.853. The van der Waals surface area contributed by atoms with Crippen LogP contribution in [0.15, 0.2) is 0 Å². The van der Waals surface area contributed by atoms with Gasteiger partial charge in [-0.3, -0.25) is 9.48 Å². The average Bonchev–Trinajstić information content (AvgIpc) is 2.93. The summed E-state index contributed by atoms with van der Waals surface area (Å²) in [4.78, 5) is 14.4. The van der Waals surface area contributed by atoms with E-state index in [-0.39, 0.29) is 5.91 Å². The molecule has 0 aromatic carbocycles. The summed E-state index contributed by atoms with van der Waals surface area (Å²) in [6.45, 7) is 5.32. The van der Waals surface area contributed by atoms with Gasteiger partial charge >= 0.3 is 0 Å². The Bertz CT molecular complexity index is 627. The van der Waals surface area contributed by atoms with E-state index in [0.717, 1.165) is 25.8 Å². The normalized spacial score (nSPS) is 21.6. The summed E-state index contributed by atoms with van der Waals surface area (Å²) in [6.07, 6.45) is 12.6. The van der Waals surface area contributed by atoms with Crippen LogP contribution in [0, 0.1) is 5.92 Å². The average molecular weight is 375 g/mol. The molecule has 27 heavy (non-hydrogen) atoms. The second-order valence-corrected chi connectivity index (χ2v) is 9.20. The standard InChI is InChI=1S/C22H38N4O/c1-16(2)15-26-20-13-12-18(23-17-10-8-6-5-7-9-11-17)14-19(20)21(24-26)22(27)25(3)4/h16-18,23H,5-15H2,1-4H3. The number of rotatable bonds is 5. The van der Waals surface area contributed by atoms with E-state index in [4.69, 9.17) is 5.10 Å². The Kier molecular flexibility index (Phi) is 6.96. The van der Waals surface area contributed by atoms with E-state index in [9.17, 15) is 4.79 Å². The molecule has 1 heterocycles. The Morgan fingerprint density at radius 1 is 1.11 bits per heavy atom. The highest BCUT2D eigenvalue weighted by Gasteiger charge is 2.30. The van der Waals surface area contributed by atoms with Crippen molar-refractivity contribution in [3.8, 4) is 0 Å². The number of nitrogens with one attached hydrogen (secondary N) is 1. The first-order chi connectivity index (χ1) is 13.0. The summed E-state index contributed by atoms with van der Waals surface area (Å²) in [6, 6.07) is 1.13. The van der Waals surface area contributed by atoms with Crippen LogP contribution in [0.4, 0.5) is 0 Å². The lowest BCUT2D eigenvalue weighted by Gasteiger charge is -2.30. The van der Waals surface area contributed by atoms with Crippen LogP contribution < -0.4 is 5.32 Å². The highest BCUT2D eigenvalue weighted by Crippen LogP contribution is 2.27. The van der Waals surface area contributed by atoms with Crippen LogP contribution in [0.25, 0.3) is 0 Å². The Morgan fingerprint density at radius 3 is 2.41 bits per heavy atom. The molecule has 2 aliphatic rings. The fourth-order valence-corrected chi connectivity index (χ4v) is 4.67. The zero-order chi connectivity index (χ0) is 19.4. The third-order valence-electron chi connectivity index (χ3n) is 6.07.